The molecule has 3 aliphatic rings. The maximum Gasteiger partial charge on any atom is 0.406 e. The third-order valence-corrected chi connectivity index (χ3v) is 8.21. The zero-order valence-corrected chi connectivity index (χ0v) is 20.9. The van der Waals surface area contributed by atoms with Gasteiger partial charge in [-0.2, -0.15) is 13.2 Å². The molecule has 1 aliphatic heterocycles. The van der Waals surface area contributed by atoms with Crippen LogP contribution in [-0.4, -0.2) is 50.7 Å². The molecule has 0 bridgehead atoms. The highest BCUT2D eigenvalue weighted by molar-refractivity contribution is 5.59. The summed E-state index contributed by atoms with van der Waals surface area (Å²) < 4.78 is 42.7. The van der Waals surface area contributed by atoms with Crippen LogP contribution in [0, 0.1) is 5.41 Å². The molecule has 5 rings (SSSR count). The first kappa shape index (κ1) is 25.3. The van der Waals surface area contributed by atoms with Crippen molar-refractivity contribution in [2.45, 2.75) is 76.5 Å². The molecule has 0 spiro atoms. The number of aromatic nitrogens is 2. The summed E-state index contributed by atoms with van der Waals surface area (Å²) in [6, 6.07) is 3.82. The van der Waals surface area contributed by atoms with Crippen LogP contribution in [0.25, 0.3) is 6.08 Å². The first-order chi connectivity index (χ1) is 17.1. The number of fused-ring (bicyclic) bond motifs is 1. The van der Waals surface area contributed by atoms with E-state index in [9.17, 15) is 23.1 Å². The molecule has 9 heteroatoms. The Balaban J connectivity index is 1.47. The van der Waals surface area contributed by atoms with E-state index in [0.717, 1.165) is 54.6 Å². The van der Waals surface area contributed by atoms with Crippen molar-refractivity contribution in [3.8, 4) is 0 Å². The quantitative estimate of drug-likeness (QED) is 0.564. The van der Waals surface area contributed by atoms with Gasteiger partial charge in [0.25, 0.3) is 5.56 Å². The summed E-state index contributed by atoms with van der Waals surface area (Å²) in [6.45, 7) is 2.84. The Hall–Kier alpha value is -2.36. The topological polar surface area (TPSA) is 62.4 Å². The first-order valence-electron chi connectivity index (χ1n) is 12.8. The van der Waals surface area contributed by atoms with Gasteiger partial charge in [-0.15, -0.1) is 0 Å². The van der Waals surface area contributed by atoms with Crippen LogP contribution in [0.1, 0.15) is 60.9 Å². The van der Waals surface area contributed by atoms with Crippen molar-refractivity contribution >= 4 is 6.08 Å². The number of aliphatic hydroxyl groups is 1. The van der Waals surface area contributed by atoms with Crippen molar-refractivity contribution in [3.05, 3.63) is 63.3 Å². The highest BCUT2D eigenvalue weighted by Crippen LogP contribution is 2.46. The zero-order chi connectivity index (χ0) is 25.7. The van der Waals surface area contributed by atoms with Crippen LogP contribution in [0.15, 0.2) is 35.4 Å². The fraction of sp³-hybridized carbons (Fsp3) is 0.593. The number of aliphatic hydroxyl groups excluding tert-OH is 1. The first-order valence-corrected chi connectivity index (χ1v) is 12.8. The van der Waals surface area contributed by atoms with Crippen molar-refractivity contribution in [2.75, 3.05) is 13.1 Å². The zero-order valence-electron chi connectivity index (χ0n) is 20.9. The highest BCUT2D eigenvalue weighted by atomic mass is 19.4. The van der Waals surface area contributed by atoms with Crippen LogP contribution in [0.2, 0.25) is 0 Å². The number of aryl methyl sites for hydroxylation is 1. The largest absolute Gasteiger partial charge is 0.406 e. The molecule has 2 N–H and O–H groups in total. The van der Waals surface area contributed by atoms with E-state index in [1.165, 1.54) is 9.13 Å². The Kier molecular flexibility index (Phi) is 6.68. The number of hydrogen-bond acceptors (Lipinski definition) is 4. The minimum absolute atomic E-state index is 0.0208. The molecule has 2 aromatic rings. The van der Waals surface area contributed by atoms with E-state index in [4.69, 9.17) is 0 Å². The lowest BCUT2D eigenvalue weighted by Crippen LogP contribution is -2.57. The van der Waals surface area contributed by atoms with Gasteiger partial charge < -0.3 is 19.6 Å². The number of nitrogens with one attached hydrogen (secondary N) is 1. The number of allylic oxidation sites excluding steroid dienone is 1. The average Bonchev–Trinajstić information content (AvgIpc) is 3.62. The van der Waals surface area contributed by atoms with E-state index >= 15 is 0 Å². The second-order valence-corrected chi connectivity index (χ2v) is 10.9. The number of nitrogens with zero attached hydrogens (tertiary/aromatic N) is 3. The van der Waals surface area contributed by atoms with Gasteiger partial charge in [-0.3, -0.25) is 9.69 Å². The average molecular weight is 505 g/mol. The number of pyridine rings is 1. The predicted octanol–water partition coefficient (Wildman–Crippen LogP) is 3.77. The van der Waals surface area contributed by atoms with Crippen molar-refractivity contribution in [1.82, 2.24) is 19.4 Å². The lowest BCUT2D eigenvalue weighted by atomic mass is 9.68. The van der Waals surface area contributed by atoms with Crippen molar-refractivity contribution in [3.63, 3.8) is 0 Å². The lowest BCUT2D eigenvalue weighted by Gasteiger charge is -2.49. The molecule has 2 aromatic heterocycles. The third-order valence-electron chi connectivity index (χ3n) is 8.21. The molecule has 1 saturated carbocycles. The van der Waals surface area contributed by atoms with Crippen LogP contribution >= 0.6 is 0 Å². The predicted molar refractivity (Wildman–Crippen MR) is 132 cm³/mol. The molecule has 2 fully saturated rings. The van der Waals surface area contributed by atoms with Gasteiger partial charge >= 0.3 is 6.18 Å². The molecule has 2 aliphatic carbocycles. The second-order valence-electron chi connectivity index (χ2n) is 10.9. The Bertz CT molecular complexity index is 1200. The highest BCUT2D eigenvalue weighted by Gasteiger charge is 2.49. The van der Waals surface area contributed by atoms with Crippen LogP contribution in [0.4, 0.5) is 13.2 Å². The van der Waals surface area contributed by atoms with Gasteiger partial charge in [0.05, 0.1) is 0 Å². The van der Waals surface area contributed by atoms with Gasteiger partial charge in [0, 0.05) is 55.7 Å². The van der Waals surface area contributed by atoms with Gasteiger partial charge in [-0.25, -0.2) is 0 Å². The van der Waals surface area contributed by atoms with Crippen LogP contribution in [-0.2, 0) is 26.6 Å². The molecule has 0 radical (unpaired) electrons. The van der Waals surface area contributed by atoms with Gasteiger partial charge in [0.1, 0.15) is 12.8 Å². The van der Waals surface area contributed by atoms with Crippen molar-refractivity contribution < 1.29 is 18.3 Å². The third kappa shape index (κ3) is 4.93. The number of rotatable bonds is 7. The Morgan fingerprint density at radius 3 is 2.78 bits per heavy atom. The van der Waals surface area contributed by atoms with Crippen LogP contribution < -0.4 is 10.9 Å². The maximum atomic E-state index is 13.3. The van der Waals surface area contributed by atoms with Crippen molar-refractivity contribution in [1.29, 1.82) is 0 Å². The number of halogens is 3. The summed E-state index contributed by atoms with van der Waals surface area (Å²) in [5, 5.41) is 15.3. The van der Waals surface area contributed by atoms with E-state index in [0.29, 0.717) is 19.5 Å². The van der Waals surface area contributed by atoms with Gasteiger partial charge in [-0.05, 0) is 67.3 Å². The fourth-order valence-corrected chi connectivity index (χ4v) is 6.09. The van der Waals surface area contributed by atoms with Crippen LogP contribution in [0.5, 0.6) is 0 Å². The molecular weight excluding hydrogens is 469 g/mol. The molecule has 0 aromatic carbocycles. The summed E-state index contributed by atoms with van der Waals surface area (Å²) in [5.74, 6) is -0.0208. The smallest absolute Gasteiger partial charge is 0.378 e. The lowest BCUT2D eigenvalue weighted by molar-refractivity contribution is -0.141. The van der Waals surface area contributed by atoms with E-state index in [1.54, 1.807) is 25.5 Å². The minimum atomic E-state index is -4.29. The molecule has 6 nitrogen and oxygen atoms in total. The summed E-state index contributed by atoms with van der Waals surface area (Å²) in [7, 11) is 1.72. The van der Waals surface area contributed by atoms with E-state index in [2.05, 4.69) is 17.1 Å². The Morgan fingerprint density at radius 1 is 1.31 bits per heavy atom. The minimum Gasteiger partial charge on any atom is -0.378 e. The number of hydrogen-bond donors (Lipinski definition) is 2. The molecule has 1 saturated heterocycles. The van der Waals surface area contributed by atoms with E-state index in [1.807, 2.05) is 18.2 Å². The van der Waals surface area contributed by atoms with Crippen molar-refractivity contribution in [2.24, 2.45) is 12.5 Å². The fourth-order valence-electron chi connectivity index (χ4n) is 6.09. The van der Waals surface area contributed by atoms with E-state index in [-0.39, 0.29) is 17.5 Å². The molecule has 3 atom stereocenters. The second kappa shape index (κ2) is 9.50. The number of piperidine rings is 1. The Labute approximate surface area is 209 Å². The summed E-state index contributed by atoms with van der Waals surface area (Å²) >= 11 is 0. The van der Waals surface area contributed by atoms with Gasteiger partial charge in [0.15, 0.2) is 0 Å². The van der Waals surface area contributed by atoms with Crippen LogP contribution in [0.3, 0.4) is 0 Å². The van der Waals surface area contributed by atoms with Gasteiger partial charge in [0.2, 0.25) is 0 Å². The monoisotopic (exact) mass is 504 g/mol. The SMILES string of the molecule is Cn1ccc([C@H]2CCNCC2(C)C(O)N(Cc2cn(CC(F)(F)F)c3c2C=CCC3)C2CC2)cc1=O. The molecule has 196 valence electrons. The summed E-state index contributed by atoms with van der Waals surface area (Å²) in [6.07, 6.45) is 6.26. The standard InChI is InChI=1S/C27H35F3N4O2/c1-26(16-31-11-9-22(26)18-10-12-32(2)24(35)13-18)25(36)34(20-7-8-20)15-19-14-33(17-27(28,29)30)23-6-4-3-5-21(19)23/h3,5,10,12-14,20,22,25,31,36H,4,6-9,11,15-17H2,1-2H3/t22-,25?,26?/m1/s1. The maximum absolute atomic E-state index is 13.3. The summed E-state index contributed by atoms with van der Waals surface area (Å²) in [4.78, 5) is 14.5. The molecular formula is C27H35F3N4O2. The van der Waals surface area contributed by atoms with Gasteiger partial charge in [-0.1, -0.05) is 19.1 Å². The molecule has 2 unspecified atom stereocenters. The summed E-state index contributed by atoms with van der Waals surface area (Å²) in [5.41, 5.74) is 2.68. The Morgan fingerprint density at radius 2 is 2.08 bits per heavy atom. The molecule has 36 heavy (non-hydrogen) atoms. The van der Waals surface area contributed by atoms with E-state index < -0.39 is 24.4 Å². The molecule has 0 amide bonds. The number of alkyl halides is 3. The molecule has 3 heterocycles. The normalized spacial score (nSPS) is 25.2.